The number of benzene rings is 2. The molecule has 1 fully saturated rings. The SMILES string of the molecule is CCNC(=O)C[C@@H]1CC[C@H]2[C@H](COc3ccc(NC(=O)Nc4cccc(OC)c4)cc3C(=O)N2C)O1. The van der Waals surface area contributed by atoms with Crippen molar-refractivity contribution in [3.05, 3.63) is 48.0 Å². The van der Waals surface area contributed by atoms with Gasteiger partial charge in [0.25, 0.3) is 5.91 Å². The maximum Gasteiger partial charge on any atom is 0.323 e. The fraction of sp³-hybridized carbons (Fsp3) is 0.423. The molecule has 4 amide bonds. The predicted octanol–water partition coefficient (Wildman–Crippen LogP) is 3.25. The molecule has 0 saturated carbocycles. The molecule has 2 aliphatic rings. The molecule has 3 atom stereocenters. The molecule has 3 N–H and O–H groups in total. The number of hydrogen-bond acceptors (Lipinski definition) is 6. The number of ether oxygens (including phenoxy) is 3. The lowest BCUT2D eigenvalue weighted by Crippen LogP contribution is -2.54. The summed E-state index contributed by atoms with van der Waals surface area (Å²) in [6, 6.07) is 11.3. The van der Waals surface area contributed by atoms with Gasteiger partial charge in [0.15, 0.2) is 0 Å². The molecule has 10 nitrogen and oxygen atoms in total. The van der Waals surface area contributed by atoms with Gasteiger partial charge in [0, 0.05) is 31.0 Å². The first-order valence-corrected chi connectivity index (χ1v) is 12.1. The largest absolute Gasteiger partial charge is 0.497 e. The number of nitrogens with zero attached hydrogens (tertiary/aromatic N) is 1. The summed E-state index contributed by atoms with van der Waals surface area (Å²) in [4.78, 5) is 39.6. The Bertz CT molecular complexity index is 1120. The normalized spacial score (nSPS) is 21.1. The summed E-state index contributed by atoms with van der Waals surface area (Å²) in [7, 11) is 3.30. The Hall–Kier alpha value is -3.79. The Morgan fingerprint density at radius 3 is 2.64 bits per heavy atom. The first-order chi connectivity index (χ1) is 17.4. The van der Waals surface area contributed by atoms with Gasteiger partial charge in [0.05, 0.1) is 31.2 Å². The molecule has 2 heterocycles. The molecule has 0 aliphatic carbocycles. The smallest absolute Gasteiger partial charge is 0.323 e. The number of fused-ring (bicyclic) bond motifs is 2. The molecule has 0 spiro atoms. The van der Waals surface area contributed by atoms with Crippen molar-refractivity contribution in [3.8, 4) is 11.5 Å². The van der Waals surface area contributed by atoms with E-state index in [2.05, 4.69) is 16.0 Å². The van der Waals surface area contributed by atoms with E-state index in [1.165, 1.54) is 0 Å². The second-order valence-electron chi connectivity index (χ2n) is 8.85. The number of amides is 4. The highest BCUT2D eigenvalue weighted by atomic mass is 16.5. The van der Waals surface area contributed by atoms with Crippen LogP contribution < -0.4 is 25.4 Å². The van der Waals surface area contributed by atoms with Crippen molar-refractivity contribution in [2.75, 3.05) is 37.9 Å². The predicted molar refractivity (Wildman–Crippen MR) is 135 cm³/mol. The van der Waals surface area contributed by atoms with Crippen LogP contribution in [0.4, 0.5) is 16.2 Å². The van der Waals surface area contributed by atoms with Crippen molar-refractivity contribution in [1.82, 2.24) is 10.2 Å². The van der Waals surface area contributed by atoms with E-state index in [-0.39, 0.29) is 43.1 Å². The Labute approximate surface area is 210 Å². The van der Waals surface area contributed by atoms with Gasteiger partial charge in [-0.2, -0.15) is 0 Å². The van der Waals surface area contributed by atoms with E-state index in [4.69, 9.17) is 14.2 Å². The number of hydrogen-bond donors (Lipinski definition) is 3. The third-order valence-electron chi connectivity index (χ3n) is 6.38. The van der Waals surface area contributed by atoms with E-state index in [1.54, 1.807) is 61.5 Å². The highest BCUT2D eigenvalue weighted by Gasteiger charge is 2.39. The van der Waals surface area contributed by atoms with Gasteiger partial charge in [-0.15, -0.1) is 0 Å². The van der Waals surface area contributed by atoms with Gasteiger partial charge >= 0.3 is 6.03 Å². The lowest BCUT2D eigenvalue weighted by atomic mass is 9.94. The summed E-state index contributed by atoms with van der Waals surface area (Å²) in [6.07, 6.45) is 1.12. The zero-order chi connectivity index (χ0) is 25.7. The minimum atomic E-state index is -0.449. The van der Waals surface area contributed by atoms with Crippen LogP contribution in [0.1, 0.15) is 36.5 Å². The number of nitrogens with one attached hydrogen (secondary N) is 3. The van der Waals surface area contributed by atoms with Crippen molar-refractivity contribution in [2.24, 2.45) is 0 Å². The van der Waals surface area contributed by atoms with Gasteiger partial charge in [-0.3, -0.25) is 9.59 Å². The fourth-order valence-electron chi connectivity index (χ4n) is 4.58. The summed E-state index contributed by atoms with van der Waals surface area (Å²) in [6.45, 7) is 2.71. The zero-order valence-electron chi connectivity index (χ0n) is 20.7. The zero-order valence-corrected chi connectivity index (χ0v) is 20.7. The van der Waals surface area contributed by atoms with Crippen molar-refractivity contribution in [2.45, 2.75) is 44.4 Å². The first kappa shape index (κ1) is 25.3. The standard InChI is InChI=1S/C26H32N4O6/c1-4-27-24(31)14-19-9-10-21-23(36-19)15-35-22-11-8-17(13-20(22)25(32)30(21)2)29-26(33)28-16-6-5-7-18(12-16)34-3/h5-8,11-13,19,21,23H,4,9-10,14-15H2,1-3H3,(H,27,31)(H2,28,29,33)/t19-,21-,23-/m0/s1. The Kier molecular flexibility index (Phi) is 7.94. The quantitative estimate of drug-likeness (QED) is 0.565. The van der Waals surface area contributed by atoms with E-state index in [1.807, 2.05) is 6.92 Å². The van der Waals surface area contributed by atoms with Crippen LogP contribution in [0.2, 0.25) is 0 Å². The van der Waals surface area contributed by atoms with E-state index < -0.39 is 6.03 Å². The van der Waals surface area contributed by atoms with Crippen LogP contribution in [-0.4, -0.2) is 68.3 Å². The fourth-order valence-corrected chi connectivity index (χ4v) is 4.58. The van der Waals surface area contributed by atoms with E-state index >= 15 is 0 Å². The van der Waals surface area contributed by atoms with Gasteiger partial charge < -0.3 is 35.1 Å². The molecule has 0 radical (unpaired) electrons. The second kappa shape index (κ2) is 11.3. The van der Waals surface area contributed by atoms with Crippen LogP contribution in [0.5, 0.6) is 11.5 Å². The summed E-state index contributed by atoms with van der Waals surface area (Å²) < 4.78 is 17.3. The highest BCUT2D eigenvalue weighted by Crippen LogP contribution is 2.32. The molecule has 2 aliphatic heterocycles. The third kappa shape index (κ3) is 5.88. The van der Waals surface area contributed by atoms with Crippen LogP contribution in [0.25, 0.3) is 0 Å². The molecule has 1 saturated heterocycles. The van der Waals surface area contributed by atoms with E-state index in [9.17, 15) is 14.4 Å². The van der Waals surface area contributed by atoms with Gasteiger partial charge in [0.2, 0.25) is 5.91 Å². The monoisotopic (exact) mass is 496 g/mol. The molecule has 36 heavy (non-hydrogen) atoms. The van der Waals surface area contributed by atoms with Crippen LogP contribution in [0, 0.1) is 0 Å². The van der Waals surface area contributed by atoms with Gasteiger partial charge in [0.1, 0.15) is 24.2 Å². The van der Waals surface area contributed by atoms with Gasteiger partial charge in [-0.05, 0) is 50.1 Å². The van der Waals surface area contributed by atoms with Crippen molar-refractivity contribution < 1.29 is 28.6 Å². The van der Waals surface area contributed by atoms with Gasteiger partial charge in [-0.25, -0.2) is 4.79 Å². The Morgan fingerprint density at radius 1 is 1.11 bits per heavy atom. The molecular weight excluding hydrogens is 464 g/mol. The van der Waals surface area contributed by atoms with E-state index in [0.29, 0.717) is 47.8 Å². The molecule has 2 aromatic rings. The summed E-state index contributed by atoms with van der Waals surface area (Å²) in [5.74, 6) is 0.777. The molecule has 0 bridgehead atoms. The lowest BCUT2D eigenvalue weighted by Gasteiger charge is -2.42. The van der Waals surface area contributed by atoms with Crippen LogP contribution in [0.3, 0.4) is 0 Å². The molecule has 0 aromatic heterocycles. The molecule has 0 unspecified atom stereocenters. The topological polar surface area (TPSA) is 118 Å². The van der Waals surface area contributed by atoms with Crippen molar-refractivity contribution in [3.63, 3.8) is 0 Å². The third-order valence-corrected chi connectivity index (χ3v) is 6.38. The number of urea groups is 1. The Morgan fingerprint density at radius 2 is 1.89 bits per heavy atom. The average Bonchev–Trinajstić information content (AvgIpc) is 2.86. The van der Waals surface area contributed by atoms with Crippen LogP contribution >= 0.6 is 0 Å². The first-order valence-electron chi connectivity index (χ1n) is 12.1. The van der Waals surface area contributed by atoms with Crippen LogP contribution in [0.15, 0.2) is 42.5 Å². The lowest BCUT2D eigenvalue weighted by molar-refractivity contribution is -0.133. The van der Waals surface area contributed by atoms with Crippen molar-refractivity contribution >= 4 is 29.2 Å². The van der Waals surface area contributed by atoms with Crippen molar-refractivity contribution in [1.29, 1.82) is 0 Å². The van der Waals surface area contributed by atoms with Gasteiger partial charge in [-0.1, -0.05) is 6.07 Å². The number of carbonyl (C=O) groups is 3. The molecule has 4 rings (SSSR count). The molecule has 2 aromatic carbocycles. The summed E-state index contributed by atoms with van der Waals surface area (Å²) >= 11 is 0. The summed E-state index contributed by atoms with van der Waals surface area (Å²) in [5, 5.41) is 8.31. The minimum absolute atomic E-state index is 0.0436. The number of carbonyl (C=O) groups excluding carboxylic acids is 3. The number of anilines is 2. The molecular formula is C26H32N4O6. The number of rotatable bonds is 6. The molecule has 10 heteroatoms. The second-order valence-corrected chi connectivity index (χ2v) is 8.85. The molecule has 192 valence electrons. The van der Waals surface area contributed by atoms with Crippen LogP contribution in [-0.2, 0) is 9.53 Å². The van der Waals surface area contributed by atoms with E-state index in [0.717, 1.165) is 0 Å². The Balaban J connectivity index is 1.44. The minimum Gasteiger partial charge on any atom is -0.497 e. The maximum absolute atomic E-state index is 13.4. The maximum atomic E-state index is 13.4. The summed E-state index contributed by atoms with van der Waals surface area (Å²) in [5.41, 5.74) is 1.39. The number of methoxy groups -OCH3 is 1. The highest BCUT2D eigenvalue weighted by molar-refractivity contribution is 6.02. The number of likely N-dealkylation sites (N-methyl/N-ethyl adjacent to an activating group) is 1. The average molecular weight is 497 g/mol.